The molecule has 0 aliphatic rings. The fourth-order valence-corrected chi connectivity index (χ4v) is 0.0713. The smallest absolute Gasteiger partial charge is 0.348 e. The second-order valence-electron chi connectivity index (χ2n) is 0.820. The highest BCUT2D eigenvalue weighted by Gasteiger charge is 1.97. The minimum atomic E-state index is -1.20. The van der Waals surface area contributed by atoms with E-state index in [4.69, 9.17) is 22.4 Å². The predicted octanol–water partition coefficient (Wildman–Crippen LogP) is 0.110. The summed E-state index contributed by atoms with van der Waals surface area (Å²) in [6, 6.07) is 0. The molecule has 4 heteroatoms. The molecule has 0 unspecified atom stereocenters. The van der Waals surface area contributed by atoms with Gasteiger partial charge in [0.2, 0.25) is 0 Å². The van der Waals surface area contributed by atoms with Crippen LogP contribution < -0.4 is 5.73 Å². The summed E-state index contributed by atoms with van der Waals surface area (Å²) in [5.41, 5.74) is 4.70. The van der Waals surface area contributed by atoms with Crippen LogP contribution >= 0.6 is 11.6 Å². The molecular weight excluding hydrogens is 117 g/mol. The summed E-state index contributed by atoms with van der Waals surface area (Å²) in [7, 11) is 0. The van der Waals surface area contributed by atoms with Gasteiger partial charge in [0.25, 0.3) is 0 Å². The quantitative estimate of drug-likeness (QED) is 0.484. The first-order valence-corrected chi connectivity index (χ1v) is 1.87. The molecule has 3 N–H and O–H groups in total. The number of nitrogens with two attached hydrogens (primary N) is 1. The zero-order valence-electron chi connectivity index (χ0n) is 3.39. The summed E-state index contributed by atoms with van der Waals surface area (Å²) in [6.07, 6.45) is 0.823. The first kappa shape index (κ1) is 6.30. The Balaban J connectivity index is 3.82. The van der Waals surface area contributed by atoms with Crippen LogP contribution in [0.3, 0.4) is 0 Å². The molecule has 0 spiro atoms. The number of rotatable bonds is 1. The Morgan fingerprint density at radius 1 is 1.86 bits per heavy atom. The number of hydrogen-bond acceptors (Lipinski definition) is 2. The Kier molecular flexibility index (Phi) is 2.22. The molecule has 0 bridgehead atoms. The molecule has 0 amide bonds. The highest BCUT2D eigenvalue weighted by Crippen LogP contribution is 1.95. The number of carboxylic acids is 1. The molecule has 0 aliphatic carbocycles. The molecule has 0 fully saturated rings. The molecule has 0 atom stereocenters. The molecule has 0 rings (SSSR count). The van der Waals surface area contributed by atoms with E-state index in [1.807, 2.05) is 0 Å². The van der Waals surface area contributed by atoms with Crippen LogP contribution in [0.25, 0.3) is 0 Å². The predicted molar refractivity (Wildman–Crippen MR) is 25.8 cm³/mol. The summed E-state index contributed by atoms with van der Waals surface area (Å²) in [5.74, 6) is -1.20. The van der Waals surface area contributed by atoms with Crippen LogP contribution in [0.1, 0.15) is 0 Å². The number of hydrogen-bond donors (Lipinski definition) is 2. The van der Waals surface area contributed by atoms with Gasteiger partial charge in [-0.15, -0.1) is 0 Å². The fraction of sp³-hybridized carbons (Fsp3) is 0. The van der Waals surface area contributed by atoms with Crippen molar-refractivity contribution in [2.75, 3.05) is 0 Å². The van der Waals surface area contributed by atoms with Gasteiger partial charge in [-0.05, 0) is 0 Å². The lowest BCUT2D eigenvalue weighted by Crippen LogP contribution is -1.95. The van der Waals surface area contributed by atoms with E-state index in [9.17, 15) is 4.79 Å². The first-order chi connectivity index (χ1) is 3.18. The van der Waals surface area contributed by atoms with Gasteiger partial charge in [0.1, 0.15) is 5.03 Å². The second-order valence-corrected chi connectivity index (χ2v) is 1.23. The van der Waals surface area contributed by atoms with Gasteiger partial charge in [-0.1, -0.05) is 11.6 Å². The van der Waals surface area contributed by atoms with Crippen LogP contribution in [-0.2, 0) is 4.79 Å². The van der Waals surface area contributed by atoms with Gasteiger partial charge in [-0.25, -0.2) is 4.79 Å². The number of carbonyl (C=O) groups is 1. The second kappa shape index (κ2) is 2.47. The van der Waals surface area contributed by atoms with E-state index in [0.29, 0.717) is 0 Å². The molecule has 0 aromatic rings. The highest BCUT2D eigenvalue weighted by molar-refractivity contribution is 6.40. The van der Waals surface area contributed by atoms with E-state index >= 15 is 0 Å². The van der Waals surface area contributed by atoms with Crippen LogP contribution in [0.5, 0.6) is 0 Å². The molecule has 0 saturated heterocycles. The third kappa shape index (κ3) is 2.05. The summed E-state index contributed by atoms with van der Waals surface area (Å²) >= 11 is 4.94. The lowest BCUT2D eigenvalue weighted by Gasteiger charge is -1.81. The van der Waals surface area contributed by atoms with Crippen molar-refractivity contribution in [3.05, 3.63) is 11.2 Å². The van der Waals surface area contributed by atoms with E-state index in [-0.39, 0.29) is 5.03 Å². The van der Waals surface area contributed by atoms with E-state index in [0.717, 1.165) is 6.20 Å². The summed E-state index contributed by atoms with van der Waals surface area (Å²) in [6.45, 7) is 0. The minimum absolute atomic E-state index is 0.361. The Hall–Kier alpha value is -0.700. The lowest BCUT2D eigenvalue weighted by atomic mass is 10.6. The van der Waals surface area contributed by atoms with Crippen LogP contribution in [0, 0.1) is 0 Å². The Bertz CT molecular complexity index is 110. The Morgan fingerprint density at radius 3 is 2.29 bits per heavy atom. The summed E-state index contributed by atoms with van der Waals surface area (Å²) < 4.78 is 0. The van der Waals surface area contributed by atoms with Crippen molar-refractivity contribution in [1.29, 1.82) is 0 Å². The Labute approximate surface area is 45.4 Å². The van der Waals surface area contributed by atoms with Gasteiger partial charge in [0.05, 0.1) is 0 Å². The average molecular weight is 122 g/mol. The number of carboxylic acid groups (broad SMARTS) is 1. The SMILES string of the molecule is NC=C(Cl)C(=O)O. The van der Waals surface area contributed by atoms with E-state index < -0.39 is 5.97 Å². The average Bonchev–Trinajstić information content (AvgIpc) is 1.65. The van der Waals surface area contributed by atoms with Crippen molar-refractivity contribution in [2.24, 2.45) is 5.73 Å². The van der Waals surface area contributed by atoms with Crippen LogP contribution in [0.15, 0.2) is 11.2 Å². The third-order valence-corrected chi connectivity index (χ3v) is 0.638. The molecule has 0 aromatic heterocycles. The molecule has 40 valence electrons. The molecule has 3 nitrogen and oxygen atoms in total. The van der Waals surface area contributed by atoms with Crippen molar-refractivity contribution >= 4 is 17.6 Å². The maximum atomic E-state index is 9.65. The van der Waals surface area contributed by atoms with Gasteiger partial charge < -0.3 is 10.8 Å². The summed E-state index contributed by atoms with van der Waals surface area (Å²) in [4.78, 5) is 9.65. The lowest BCUT2D eigenvalue weighted by molar-refractivity contribution is -0.131. The highest BCUT2D eigenvalue weighted by atomic mass is 35.5. The molecular formula is C3H4ClNO2. The summed E-state index contributed by atoms with van der Waals surface area (Å²) in [5, 5.41) is 7.54. The molecule has 0 radical (unpaired) electrons. The number of halogens is 1. The topological polar surface area (TPSA) is 63.3 Å². The fourth-order valence-electron chi connectivity index (χ4n) is 0.0713. The van der Waals surface area contributed by atoms with Gasteiger partial charge in [0.15, 0.2) is 0 Å². The zero-order chi connectivity index (χ0) is 5.86. The standard InChI is InChI=1S/C3H4ClNO2/c4-2(1-5)3(6)7/h1H,5H2,(H,6,7). The maximum absolute atomic E-state index is 9.65. The van der Waals surface area contributed by atoms with Crippen molar-refractivity contribution in [3.8, 4) is 0 Å². The van der Waals surface area contributed by atoms with E-state index in [2.05, 4.69) is 0 Å². The van der Waals surface area contributed by atoms with Gasteiger partial charge in [-0.2, -0.15) is 0 Å². The molecule has 0 saturated carbocycles. The first-order valence-electron chi connectivity index (χ1n) is 1.49. The monoisotopic (exact) mass is 121 g/mol. The van der Waals surface area contributed by atoms with Crippen LogP contribution in [0.4, 0.5) is 0 Å². The molecule has 0 aromatic carbocycles. The van der Waals surface area contributed by atoms with Gasteiger partial charge in [-0.3, -0.25) is 0 Å². The van der Waals surface area contributed by atoms with Crippen molar-refractivity contribution in [3.63, 3.8) is 0 Å². The van der Waals surface area contributed by atoms with Gasteiger partial charge in [0, 0.05) is 6.20 Å². The van der Waals surface area contributed by atoms with Crippen molar-refractivity contribution in [2.45, 2.75) is 0 Å². The van der Waals surface area contributed by atoms with Gasteiger partial charge >= 0.3 is 5.97 Å². The van der Waals surface area contributed by atoms with E-state index in [1.54, 1.807) is 0 Å². The van der Waals surface area contributed by atoms with Crippen molar-refractivity contribution in [1.82, 2.24) is 0 Å². The maximum Gasteiger partial charge on any atom is 0.348 e. The molecule has 0 aliphatic heterocycles. The van der Waals surface area contributed by atoms with E-state index in [1.165, 1.54) is 0 Å². The normalized spacial score (nSPS) is 11.3. The minimum Gasteiger partial charge on any atom is -0.477 e. The third-order valence-electron chi connectivity index (χ3n) is 0.351. The zero-order valence-corrected chi connectivity index (χ0v) is 4.14. The van der Waals surface area contributed by atoms with Crippen LogP contribution in [0.2, 0.25) is 0 Å². The molecule has 0 heterocycles. The van der Waals surface area contributed by atoms with Crippen molar-refractivity contribution < 1.29 is 9.90 Å². The molecule has 7 heavy (non-hydrogen) atoms. The van der Waals surface area contributed by atoms with Crippen LogP contribution in [-0.4, -0.2) is 11.1 Å². The number of aliphatic carboxylic acids is 1. The largest absolute Gasteiger partial charge is 0.477 e. The Morgan fingerprint density at radius 2 is 2.29 bits per heavy atom.